The Balaban J connectivity index is 1.87. The van der Waals surface area contributed by atoms with Gasteiger partial charge in [0, 0.05) is 16.2 Å². The second-order valence-electron chi connectivity index (χ2n) is 4.59. The highest BCUT2D eigenvalue weighted by Gasteiger charge is 2.18. The van der Waals surface area contributed by atoms with Crippen molar-refractivity contribution in [3.8, 4) is 0 Å². The van der Waals surface area contributed by atoms with Crippen LogP contribution in [0.15, 0.2) is 59.3 Å². The molecule has 0 N–H and O–H groups in total. The van der Waals surface area contributed by atoms with Crippen molar-refractivity contribution in [3.05, 3.63) is 70.5 Å². The van der Waals surface area contributed by atoms with Crippen LogP contribution in [0.1, 0.15) is 27.1 Å². The summed E-state index contributed by atoms with van der Waals surface area (Å²) in [4.78, 5) is 24.6. The normalized spacial score (nSPS) is 10.7. The zero-order valence-electron chi connectivity index (χ0n) is 11.0. The number of nitrogens with zero attached hydrogens (tertiary/aromatic N) is 2. The number of ketones is 2. The molecule has 1 aromatic carbocycles. The quantitative estimate of drug-likeness (QED) is 0.538. The first-order valence-corrected chi connectivity index (χ1v) is 7.19. The molecular weight excluding hydrogens is 332 g/mol. The van der Waals surface area contributed by atoms with Gasteiger partial charge in [-0.1, -0.05) is 40.2 Å². The number of halogens is 1. The van der Waals surface area contributed by atoms with E-state index in [1.807, 2.05) is 24.3 Å². The number of carbonyl (C=O) groups excluding carboxylic acids is 2. The highest BCUT2D eigenvalue weighted by atomic mass is 79.9. The van der Waals surface area contributed by atoms with Crippen LogP contribution in [0.5, 0.6) is 0 Å². The van der Waals surface area contributed by atoms with Crippen molar-refractivity contribution in [1.29, 1.82) is 0 Å². The summed E-state index contributed by atoms with van der Waals surface area (Å²) in [6, 6.07) is 12.6. The molecule has 0 saturated carbocycles. The number of fused-ring (bicyclic) bond motifs is 1. The van der Waals surface area contributed by atoms with E-state index in [1.54, 1.807) is 28.9 Å². The van der Waals surface area contributed by atoms with Crippen LogP contribution in [0, 0.1) is 0 Å². The second-order valence-corrected chi connectivity index (χ2v) is 5.45. The van der Waals surface area contributed by atoms with Gasteiger partial charge in [-0.2, -0.15) is 5.10 Å². The van der Waals surface area contributed by atoms with Gasteiger partial charge in [0.1, 0.15) is 0 Å². The van der Waals surface area contributed by atoms with Gasteiger partial charge in [0.2, 0.25) is 0 Å². The molecule has 104 valence electrons. The highest BCUT2D eigenvalue weighted by Crippen LogP contribution is 2.19. The van der Waals surface area contributed by atoms with Gasteiger partial charge in [-0.15, -0.1) is 0 Å². The Labute approximate surface area is 129 Å². The maximum Gasteiger partial charge on any atom is 0.174 e. The van der Waals surface area contributed by atoms with Crippen LogP contribution in [-0.2, 0) is 0 Å². The molecule has 21 heavy (non-hydrogen) atoms. The Morgan fingerprint density at radius 3 is 2.52 bits per heavy atom. The molecule has 3 aromatic rings. The molecule has 4 nitrogen and oxygen atoms in total. The van der Waals surface area contributed by atoms with Crippen molar-refractivity contribution in [3.63, 3.8) is 0 Å². The molecule has 2 heterocycles. The van der Waals surface area contributed by atoms with Crippen molar-refractivity contribution in [1.82, 2.24) is 9.61 Å². The number of rotatable bonds is 4. The van der Waals surface area contributed by atoms with E-state index in [9.17, 15) is 9.59 Å². The average Bonchev–Trinajstić information content (AvgIpc) is 2.91. The molecule has 5 heteroatoms. The number of Topliss-reactive ketones (excluding diaryl/α,β-unsaturated/α-hetero) is 2. The van der Waals surface area contributed by atoms with E-state index in [0.29, 0.717) is 21.1 Å². The maximum atomic E-state index is 12.3. The molecule has 2 aromatic heterocycles. The van der Waals surface area contributed by atoms with Gasteiger partial charge >= 0.3 is 0 Å². The zero-order chi connectivity index (χ0) is 14.8. The first-order valence-electron chi connectivity index (χ1n) is 6.40. The van der Waals surface area contributed by atoms with Crippen LogP contribution >= 0.6 is 15.9 Å². The predicted octanol–water partition coefficient (Wildman–Crippen LogP) is 3.55. The van der Waals surface area contributed by atoms with Crippen molar-refractivity contribution in [2.24, 2.45) is 0 Å². The summed E-state index contributed by atoms with van der Waals surface area (Å²) in [5, 5.41) is 4.11. The number of hydrogen-bond donors (Lipinski definition) is 0. The van der Waals surface area contributed by atoms with Gasteiger partial charge in [0.05, 0.1) is 23.7 Å². The van der Waals surface area contributed by atoms with Gasteiger partial charge < -0.3 is 0 Å². The van der Waals surface area contributed by atoms with E-state index in [4.69, 9.17) is 0 Å². The number of hydrogen-bond acceptors (Lipinski definition) is 3. The van der Waals surface area contributed by atoms with Crippen LogP contribution in [0.2, 0.25) is 0 Å². The van der Waals surface area contributed by atoms with Gasteiger partial charge in [-0.3, -0.25) is 9.59 Å². The lowest BCUT2D eigenvalue weighted by molar-refractivity contribution is 0.0895. The number of aromatic nitrogens is 2. The molecule has 0 amide bonds. The lowest BCUT2D eigenvalue weighted by atomic mass is 10.0. The van der Waals surface area contributed by atoms with Gasteiger partial charge in [0.25, 0.3) is 0 Å². The Hall–Kier alpha value is -2.27. The van der Waals surface area contributed by atoms with E-state index in [1.165, 1.54) is 6.20 Å². The van der Waals surface area contributed by atoms with Crippen molar-refractivity contribution in [2.45, 2.75) is 6.42 Å². The summed E-state index contributed by atoms with van der Waals surface area (Å²) in [6.07, 6.45) is 3.10. The van der Waals surface area contributed by atoms with E-state index >= 15 is 0 Å². The molecule has 0 aliphatic rings. The first-order chi connectivity index (χ1) is 10.2. The molecule has 0 spiro atoms. The van der Waals surface area contributed by atoms with Crippen LogP contribution in [-0.4, -0.2) is 21.2 Å². The van der Waals surface area contributed by atoms with Crippen LogP contribution in [0.3, 0.4) is 0 Å². The minimum atomic E-state index is -0.225. The fraction of sp³-hybridized carbons (Fsp3) is 0.0625. The Morgan fingerprint density at radius 1 is 1.00 bits per heavy atom. The van der Waals surface area contributed by atoms with E-state index < -0.39 is 0 Å². The monoisotopic (exact) mass is 342 g/mol. The minimum Gasteiger partial charge on any atom is -0.294 e. The summed E-state index contributed by atoms with van der Waals surface area (Å²) in [7, 11) is 0. The molecular formula is C16H11BrN2O2. The standard InChI is InChI=1S/C16H11BrN2O2/c17-13-6-2-1-5-11(13)15(20)9-16(21)12-10-18-19-8-4-3-7-14(12)19/h1-8,10H,9H2. The number of benzene rings is 1. The summed E-state index contributed by atoms with van der Waals surface area (Å²) >= 11 is 3.33. The molecule has 0 aliphatic heterocycles. The van der Waals surface area contributed by atoms with E-state index in [0.717, 1.165) is 0 Å². The van der Waals surface area contributed by atoms with E-state index in [-0.39, 0.29) is 18.0 Å². The molecule has 0 atom stereocenters. The minimum absolute atomic E-state index is 0.168. The van der Waals surface area contributed by atoms with Crippen molar-refractivity contribution in [2.75, 3.05) is 0 Å². The van der Waals surface area contributed by atoms with Gasteiger partial charge in [0.15, 0.2) is 11.6 Å². The first kappa shape index (κ1) is 13.7. The van der Waals surface area contributed by atoms with Crippen molar-refractivity contribution < 1.29 is 9.59 Å². The van der Waals surface area contributed by atoms with Crippen LogP contribution in [0.4, 0.5) is 0 Å². The van der Waals surface area contributed by atoms with E-state index in [2.05, 4.69) is 21.0 Å². The number of pyridine rings is 1. The third kappa shape index (κ3) is 2.64. The lowest BCUT2D eigenvalue weighted by Crippen LogP contribution is -2.09. The molecule has 0 radical (unpaired) electrons. The predicted molar refractivity (Wildman–Crippen MR) is 82.6 cm³/mol. The molecule has 0 bridgehead atoms. The zero-order valence-corrected chi connectivity index (χ0v) is 12.6. The average molecular weight is 343 g/mol. The van der Waals surface area contributed by atoms with Crippen LogP contribution < -0.4 is 0 Å². The summed E-state index contributed by atoms with van der Waals surface area (Å²) in [5.41, 5.74) is 1.70. The third-order valence-electron chi connectivity index (χ3n) is 3.22. The molecule has 0 aliphatic carbocycles. The molecule has 3 rings (SSSR count). The topological polar surface area (TPSA) is 51.4 Å². The van der Waals surface area contributed by atoms with Crippen LogP contribution in [0.25, 0.3) is 5.52 Å². The van der Waals surface area contributed by atoms with Crippen molar-refractivity contribution >= 4 is 33.0 Å². The Kier molecular flexibility index (Phi) is 3.66. The third-order valence-corrected chi connectivity index (χ3v) is 3.91. The number of carbonyl (C=O) groups is 2. The summed E-state index contributed by atoms with van der Waals surface area (Å²) in [6.45, 7) is 0. The van der Waals surface area contributed by atoms with Gasteiger partial charge in [-0.25, -0.2) is 4.52 Å². The fourth-order valence-electron chi connectivity index (χ4n) is 2.17. The summed E-state index contributed by atoms with van der Waals surface area (Å²) in [5.74, 6) is -0.431. The second kappa shape index (κ2) is 5.61. The fourth-order valence-corrected chi connectivity index (χ4v) is 2.68. The molecule has 0 saturated heterocycles. The summed E-state index contributed by atoms with van der Waals surface area (Å²) < 4.78 is 2.32. The highest BCUT2D eigenvalue weighted by molar-refractivity contribution is 9.10. The molecule has 0 unspecified atom stereocenters. The Bertz CT molecular complexity index is 839. The lowest BCUT2D eigenvalue weighted by Gasteiger charge is -2.02. The largest absolute Gasteiger partial charge is 0.294 e. The van der Waals surface area contributed by atoms with Gasteiger partial charge in [-0.05, 0) is 18.2 Å². The smallest absolute Gasteiger partial charge is 0.174 e. The maximum absolute atomic E-state index is 12.3. The SMILES string of the molecule is O=C(CC(=O)c1cnn2ccccc12)c1ccccc1Br. The Morgan fingerprint density at radius 2 is 1.71 bits per heavy atom. The molecule has 0 fully saturated rings.